The number of nitrogens with zero attached hydrogens (tertiary/aromatic N) is 1. The minimum Gasteiger partial charge on any atom is -0.779 e. The van der Waals surface area contributed by atoms with Gasteiger partial charge in [0.1, 0.15) is 13.7 Å². The van der Waals surface area contributed by atoms with E-state index in [9.17, 15) is 28.0 Å². The van der Waals surface area contributed by atoms with Gasteiger partial charge in [-0.2, -0.15) is 0 Å². The zero-order chi connectivity index (χ0) is 54.3. The van der Waals surface area contributed by atoms with Gasteiger partial charge in [0.15, 0.2) is 0 Å². The Balaban J connectivity index is -0.0000000924. The number of hydrogen-bond acceptors (Lipinski definition) is 13. The number of phosphoric ester groups is 2. The fraction of sp³-hybridized carbons (Fsp3) is 1.00. The Morgan fingerprint density at radius 3 is 0.841 bits per heavy atom. The molecule has 0 aromatic carbocycles. The molecule has 0 spiro atoms. The molecule has 2 atom stereocenters. The smallest absolute Gasteiger partial charge is 0.779 e. The van der Waals surface area contributed by atoms with E-state index >= 15 is 0 Å². The van der Waals surface area contributed by atoms with Gasteiger partial charge < -0.3 is 47.3 Å². The summed E-state index contributed by atoms with van der Waals surface area (Å²) in [6.45, 7) is 48.1. The fourth-order valence-corrected chi connectivity index (χ4v) is 10.5. The zero-order valence-electron chi connectivity index (χ0n) is 47.9. The molecule has 0 radical (unpaired) electrons. The third-order valence-electron chi connectivity index (χ3n) is 6.58. The number of phosphoric acid groups is 2. The maximum absolute atomic E-state index is 12.1. The minimum absolute atomic E-state index is 0. The Morgan fingerprint density at radius 1 is 0.507 bits per heavy atom. The summed E-state index contributed by atoms with van der Waals surface area (Å²) < 4.78 is 80.8. The molecule has 3 N–H and O–H groups in total. The molecular weight excluding hydrogens is 1180 g/mol. The van der Waals surface area contributed by atoms with E-state index in [1.807, 2.05) is 0 Å². The first-order valence-corrected chi connectivity index (χ1v) is 32.4. The first-order chi connectivity index (χ1) is 29.0. The molecule has 0 aliphatic rings. The van der Waals surface area contributed by atoms with E-state index in [-0.39, 0.29) is 75.3 Å². The monoisotopic (exact) mass is 1280 g/mol. The zero-order valence-corrected chi connectivity index (χ0v) is 59.1. The number of hydrogen-bond donors (Lipinski definition) is 1. The van der Waals surface area contributed by atoms with E-state index in [0.717, 1.165) is 6.66 Å². The van der Waals surface area contributed by atoms with Crippen LogP contribution in [0.2, 0.25) is 0 Å². The quantitative estimate of drug-likeness (QED) is 0.0393. The van der Waals surface area contributed by atoms with Gasteiger partial charge in [-0.15, -0.1) is 24.0 Å². The third kappa shape index (κ3) is 85.8. The normalized spacial score (nSPS) is 14.1. The Hall–Kier alpha value is 3.68. The molecule has 0 bridgehead atoms. The molecule has 0 aliphatic heterocycles. The second-order valence-electron chi connectivity index (χ2n) is 21.7. The maximum Gasteiger partial charge on any atom is 1.00 e. The second-order valence-corrected chi connectivity index (χ2v) is 30.1. The standard InChI is InChI=1S/C16H36N.C9H20ClO4P.C8H19O4P.2C5H13O3P.CH2ClI.ClH.K.H2O/c1-5-9-13-17(14-10-6-2,15-11-7-3)16-12-8-4;1-8(2,3)13-15(11,12-7-10)14-9(4,5)6;1-7(2,3)11-13(9,10)12-8(4,5)6;2*1-5(2,3)8-9(4,6)7;2-1-3;;;/h5-16H2,1-4H3;7H2,1-6H3;1-6H3,(H,9,10);2*1-4H3,(H,6,7);1H2;1H;;1H2/q+1;;;;;;;+1;/p-2. The van der Waals surface area contributed by atoms with Crippen LogP contribution in [0.4, 0.5) is 0 Å². The van der Waals surface area contributed by atoms with E-state index in [0.29, 0.717) is 3.89 Å². The predicted octanol–water partition coefficient (Wildman–Crippen LogP) is 11.8. The SMILES string of the molecule is CC(C)(C)OP(=O)(OCCl)OC(C)(C)C.CC(C)(C)OP(=O)([O-])OC(C)(C)C.CC(C)(C)OP(C)(=O)O.CC(C)(C)OP(C)(=O)[O-].CCCC[N+](CCCC)(CCCC)CCCC.Cl.ClCI.O.[K+]. The Kier molecular flexibility index (Phi) is 58.1. The topological polar surface area (TPSA) is 231 Å². The van der Waals surface area contributed by atoms with Crippen molar-refractivity contribution in [3.05, 3.63) is 0 Å². The molecular formula is C44H104Cl3IKNO15P4. The molecule has 69 heavy (non-hydrogen) atoms. The van der Waals surface area contributed by atoms with Crippen molar-refractivity contribution in [2.45, 2.75) is 237 Å². The summed E-state index contributed by atoms with van der Waals surface area (Å²) in [5, 5.41) is 0. The van der Waals surface area contributed by atoms with Crippen molar-refractivity contribution in [2.75, 3.05) is 49.5 Å². The summed E-state index contributed by atoms with van der Waals surface area (Å²) in [5.41, 5.74) is -3.85. The molecule has 16 nitrogen and oxygen atoms in total. The van der Waals surface area contributed by atoms with Gasteiger partial charge in [0.25, 0.3) is 7.82 Å². The van der Waals surface area contributed by atoms with Crippen LogP contribution in [0.1, 0.15) is 204 Å². The number of quaternary nitrogens is 1. The summed E-state index contributed by atoms with van der Waals surface area (Å²) in [5.74, 6) is 0. The molecule has 0 rings (SSSR count). The largest absolute Gasteiger partial charge is 1.00 e. The van der Waals surface area contributed by atoms with Crippen LogP contribution in [-0.2, 0) is 49.9 Å². The summed E-state index contributed by atoms with van der Waals surface area (Å²) >= 11 is 12.4. The second kappa shape index (κ2) is 43.5. The molecule has 25 heteroatoms. The van der Waals surface area contributed by atoms with Gasteiger partial charge in [0, 0.05) is 13.3 Å². The molecule has 2 unspecified atom stereocenters. The Labute approximate surface area is 496 Å². The molecule has 424 valence electrons. The van der Waals surface area contributed by atoms with Crippen molar-refractivity contribution >= 4 is 89.0 Å². The molecule has 0 saturated heterocycles. The maximum atomic E-state index is 12.1. The average molecular weight is 1280 g/mol. The third-order valence-corrected chi connectivity index (χ3v) is 12.1. The number of rotatable bonds is 20. The van der Waals surface area contributed by atoms with E-state index in [4.69, 9.17) is 55.2 Å². The molecule has 0 saturated carbocycles. The van der Waals surface area contributed by atoms with Crippen molar-refractivity contribution in [1.82, 2.24) is 0 Å². The average Bonchev–Trinajstić information content (AvgIpc) is 2.98. The van der Waals surface area contributed by atoms with Gasteiger partial charge >= 0.3 is 66.8 Å². The van der Waals surface area contributed by atoms with Crippen LogP contribution >= 0.6 is 89.0 Å². The van der Waals surface area contributed by atoms with Gasteiger partial charge in [-0.1, -0.05) is 87.6 Å². The van der Waals surface area contributed by atoms with Crippen LogP contribution in [-0.4, -0.2) is 97.9 Å². The fourth-order valence-electron chi connectivity index (χ4n) is 5.14. The minimum atomic E-state index is -4.19. The van der Waals surface area contributed by atoms with Crippen LogP contribution in [0.25, 0.3) is 0 Å². The van der Waals surface area contributed by atoms with Crippen molar-refractivity contribution in [1.29, 1.82) is 0 Å². The predicted molar refractivity (Wildman–Crippen MR) is 296 cm³/mol. The van der Waals surface area contributed by atoms with E-state index < -0.39 is 64.4 Å². The molecule has 0 fully saturated rings. The van der Waals surface area contributed by atoms with Gasteiger partial charge in [-0.05, 0) is 150 Å². The number of unbranched alkanes of at least 4 members (excludes halogenated alkanes) is 4. The molecule has 0 aliphatic carbocycles. The first kappa shape index (κ1) is 92.1. The number of alkyl halides is 3. The van der Waals surface area contributed by atoms with E-state index in [1.165, 1.54) is 88.7 Å². The van der Waals surface area contributed by atoms with Crippen molar-refractivity contribution in [2.24, 2.45) is 0 Å². The van der Waals surface area contributed by atoms with Crippen molar-refractivity contribution in [3.8, 4) is 0 Å². The summed E-state index contributed by atoms with van der Waals surface area (Å²) in [4.78, 5) is 30.4. The van der Waals surface area contributed by atoms with Gasteiger partial charge in [-0.3, -0.25) is 22.7 Å². The van der Waals surface area contributed by atoms with Crippen molar-refractivity contribution < 1.29 is 126 Å². The van der Waals surface area contributed by atoms with Crippen LogP contribution in [0.3, 0.4) is 0 Å². The van der Waals surface area contributed by atoms with E-state index in [2.05, 4.69) is 54.8 Å². The van der Waals surface area contributed by atoms with Gasteiger partial charge in [0.2, 0.25) is 0 Å². The van der Waals surface area contributed by atoms with Gasteiger partial charge in [0.05, 0.1) is 63.7 Å². The Bertz CT molecular complexity index is 1280. The van der Waals surface area contributed by atoms with Gasteiger partial charge in [-0.25, -0.2) is 4.57 Å². The first-order valence-electron chi connectivity index (χ1n) is 22.9. The number of halogens is 4. The van der Waals surface area contributed by atoms with E-state index in [1.54, 1.807) is 125 Å². The van der Waals surface area contributed by atoms with Crippen LogP contribution < -0.4 is 61.2 Å². The summed E-state index contributed by atoms with van der Waals surface area (Å²) in [6, 6.07) is -0.233. The van der Waals surface area contributed by atoms with Crippen molar-refractivity contribution in [3.63, 3.8) is 0 Å². The summed E-state index contributed by atoms with van der Waals surface area (Å²) in [7, 11) is -14.6. The van der Waals surface area contributed by atoms with Crippen LogP contribution in [0.5, 0.6) is 0 Å². The molecule has 0 amide bonds. The van der Waals surface area contributed by atoms with Crippen LogP contribution in [0.15, 0.2) is 0 Å². The molecule has 0 heterocycles. The van der Waals surface area contributed by atoms with Crippen LogP contribution in [0, 0.1) is 0 Å². The Morgan fingerprint density at radius 2 is 0.725 bits per heavy atom. The molecule has 0 aromatic rings. The summed E-state index contributed by atoms with van der Waals surface area (Å²) in [6.07, 6.45) is 11.1. The molecule has 0 aromatic heterocycles.